The van der Waals surface area contributed by atoms with Crippen LogP contribution in [0.25, 0.3) is 0 Å². The van der Waals surface area contributed by atoms with Gasteiger partial charge in [-0.05, 0) is 55.5 Å². The Morgan fingerprint density at radius 2 is 2.33 bits per heavy atom. The van der Waals surface area contributed by atoms with Crippen LogP contribution in [0.2, 0.25) is 5.22 Å². The predicted molar refractivity (Wildman–Crippen MR) is 91.4 cm³/mol. The van der Waals surface area contributed by atoms with Crippen molar-refractivity contribution in [2.75, 3.05) is 13.7 Å². The molecule has 0 radical (unpaired) electrons. The first-order chi connectivity index (χ1) is 11.6. The zero-order chi connectivity index (χ0) is 17.1. The molecule has 1 saturated heterocycles. The molecule has 2 aromatic rings. The standard InChI is InChI=1S/C18H21ClN2O3/c1-12-16(18(19)24-20-12)11-17(22)21-8-4-6-14(21)9-13-5-3-7-15(10-13)23-2/h3,5,7,10,14H,4,6,8-9,11H2,1-2H3/t14-/m0/s1. The van der Waals surface area contributed by atoms with Crippen molar-refractivity contribution >= 4 is 17.5 Å². The second kappa shape index (κ2) is 7.26. The second-order valence-electron chi connectivity index (χ2n) is 6.14. The summed E-state index contributed by atoms with van der Waals surface area (Å²) < 4.78 is 10.2. The molecule has 24 heavy (non-hydrogen) atoms. The van der Waals surface area contributed by atoms with E-state index in [9.17, 15) is 4.79 Å². The molecule has 3 rings (SSSR count). The van der Waals surface area contributed by atoms with Crippen LogP contribution in [0.1, 0.15) is 29.7 Å². The van der Waals surface area contributed by atoms with Crippen LogP contribution in [0.15, 0.2) is 28.8 Å². The molecule has 0 unspecified atom stereocenters. The summed E-state index contributed by atoms with van der Waals surface area (Å²) in [5, 5.41) is 4.02. The first kappa shape index (κ1) is 16.8. The molecule has 1 aliphatic heterocycles. The molecule has 0 saturated carbocycles. The molecule has 6 heteroatoms. The van der Waals surface area contributed by atoms with Crippen molar-refractivity contribution in [3.05, 3.63) is 46.3 Å². The third kappa shape index (κ3) is 3.56. The highest BCUT2D eigenvalue weighted by atomic mass is 35.5. The molecule has 1 amide bonds. The van der Waals surface area contributed by atoms with Crippen molar-refractivity contribution in [3.8, 4) is 5.75 Å². The quantitative estimate of drug-likeness (QED) is 0.830. The zero-order valence-electron chi connectivity index (χ0n) is 13.9. The third-order valence-corrected chi connectivity index (χ3v) is 4.86. The highest BCUT2D eigenvalue weighted by Crippen LogP contribution is 2.26. The lowest BCUT2D eigenvalue weighted by molar-refractivity contribution is -0.131. The van der Waals surface area contributed by atoms with E-state index in [1.165, 1.54) is 5.56 Å². The predicted octanol–water partition coefficient (Wildman–Crippen LogP) is 3.42. The van der Waals surface area contributed by atoms with Gasteiger partial charge in [0.25, 0.3) is 0 Å². The maximum Gasteiger partial charge on any atom is 0.229 e. The summed E-state index contributed by atoms with van der Waals surface area (Å²) in [4.78, 5) is 14.7. The van der Waals surface area contributed by atoms with E-state index in [0.29, 0.717) is 11.3 Å². The van der Waals surface area contributed by atoms with Crippen molar-refractivity contribution in [2.24, 2.45) is 0 Å². The molecule has 0 bridgehead atoms. The monoisotopic (exact) mass is 348 g/mol. The molecule has 0 aliphatic carbocycles. The van der Waals surface area contributed by atoms with Gasteiger partial charge in [-0.15, -0.1) is 0 Å². The van der Waals surface area contributed by atoms with Gasteiger partial charge in [0, 0.05) is 18.2 Å². The first-order valence-electron chi connectivity index (χ1n) is 8.11. The van der Waals surface area contributed by atoms with E-state index in [-0.39, 0.29) is 23.6 Å². The number of halogens is 1. The third-order valence-electron chi connectivity index (χ3n) is 4.57. The van der Waals surface area contributed by atoms with E-state index in [2.05, 4.69) is 11.2 Å². The Bertz CT molecular complexity index is 709. The molecular weight excluding hydrogens is 328 g/mol. The average molecular weight is 349 g/mol. The Morgan fingerprint density at radius 3 is 3.04 bits per heavy atom. The highest BCUT2D eigenvalue weighted by molar-refractivity contribution is 6.29. The summed E-state index contributed by atoms with van der Waals surface area (Å²) >= 11 is 5.98. The molecule has 1 aliphatic rings. The Morgan fingerprint density at radius 1 is 1.50 bits per heavy atom. The van der Waals surface area contributed by atoms with E-state index in [4.69, 9.17) is 20.9 Å². The fraction of sp³-hybridized carbons (Fsp3) is 0.444. The Hall–Kier alpha value is -2.01. The van der Waals surface area contributed by atoms with E-state index in [1.54, 1.807) is 14.0 Å². The van der Waals surface area contributed by atoms with E-state index < -0.39 is 0 Å². The molecule has 1 fully saturated rings. The van der Waals surface area contributed by atoms with Gasteiger partial charge in [-0.2, -0.15) is 0 Å². The lowest BCUT2D eigenvalue weighted by Crippen LogP contribution is -2.37. The summed E-state index contributed by atoms with van der Waals surface area (Å²) in [7, 11) is 1.66. The van der Waals surface area contributed by atoms with Crippen LogP contribution < -0.4 is 4.74 Å². The SMILES string of the molecule is COc1cccc(C[C@@H]2CCCN2C(=O)Cc2c(C)noc2Cl)c1. The van der Waals surface area contributed by atoms with Gasteiger partial charge in [-0.3, -0.25) is 4.79 Å². The molecule has 0 N–H and O–H groups in total. The second-order valence-corrected chi connectivity index (χ2v) is 6.48. The topological polar surface area (TPSA) is 55.6 Å². The lowest BCUT2D eigenvalue weighted by atomic mass is 10.0. The van der Waals surface area contributed by atoms with Gasteiger partial charge in [0.15, 0.2) is 0 Å². The molecule has 0 spiro atoms. The Balaban J connectivity index is 1.69. The van der Waals surface area contributed by atoms with Crippen LogP contribution in [0.5, 0.6) is 5.75 Å². The molecule has 5 nitrogen and oxygen atoms in total. The number of aryl methyl sites for hydroxylation is 1. The summed E-state index contributed by atoms with van der Waals surface area (Å²) in [5.74, 6) is 0.920. The van der Waals surface area contributed by atoms with Crippen LogP contribution in [0.3, 0.4) is 0 Å². The van der Waals surface area contributed by atoms with Crippen LogP contribution >= 0.6 is 11.6 Å². The summed E-state index contributed by atoms with van der Waals surface area (Å²) in [6, 6.07) is 8.23. The van der Waals surface area contributed by atoms with Gasteiger partial charge in [-0.1, -0.05) is 17.3 Å². The summed E-state index contributed by atoms with van der Waals surface area (Å²) in [6.07, 6.45) is 3.11. The van der Waals surface area contributed by atoms with Gasteiger partial charge < -0.3 is 14.2 Å². The normalized spacial score (nSPS) is 17.3. The fourth-order valence-corrected chi connectivity index (χ4v) is 3.50. The zero-order valence-corrected chi connectivity index (χ0v) is 14.7. The number of hydrogen-bond donors (Lipinski definition) is 0. The van der Waals surface area contributed by atoms with Crippen molar-refractivity contribution in [1.29, 1.82) is 0 Å². The van der Waals surface area contributed by atoms with Gasteiger partial charge in [0.1, 0.15) is 5.75 Å². The number of hydrogen-bond acceptors (Lipinski definition) is 4. The van der Waals surface area contributed by atoms with Crippen LogP contribution in [0, 0.1) is 6.92 Å². The highest BCUT2D eigenvalue weighted by Gasteiger charge is 2.30. The minimum Gasteiger partial charge on any atom is -0.497 e. The molecule has 1 aromatic carbocycles. The Kier molecular flexibility index (Phi) is 5.09. The number of likely N-dealkylation sites (tertiary alicyclic amines) is 1. The molecule has 1 aromatic heterocycles. The maximum absolute atomic E-state index is 12.7. The fourth-order valence-electron chi connectivity index (χ4n) is 3.26. The number of methoxy groups -OCH3 is 1. The van der Waals surface area contributed by atoms with Crippen LogP contribution in [-0.4, -0.2) is 35.7 Å². The van der Waals surface area contributed by atoms with Crippen LogP contribution in [0.4, 0.5) is 0 Å². The number of benzene rings is 1. The summed E-state index contributed by atoms with van der Waals surface area (Å²) in [5.41, 5.74) is 2.55. The lowest BCUT2D eigenvalue weighted by Gasteiger charge is -2.25. The largest absolute Gasteiger partial charge is 0.497 e. The van der Waals surface area contributed by atoms with E-state index >= 15 is 0 Å². The molecule has 2 heterocycles. The van der Waals surface area contributed by atoms with Crippen molar-refractivity contribution in [3.63, 3.8) is 0 Å². The summed E-state index contributed by atoms with van der Waals surface area (Å²) in [6.45, 7) is 2.59. The molecule has 128 valence electrons. The van der Waals surface area contributed by atoms with Crippen molar-refractivity contribution in [2.45, 2.75) is 38.6 Å². The number of carbonyl (C=O) groups excluding carboxylic acids is 1. The van der Waals surface area contributed by atoms with Crippen LogP contribution in [-0.2, 0) is 17.6 Å². The first-order valence-corrected chi connectivity index (χ1v) is 8.49. The maximum atomic E-state index is 12.7. The van der Waals surface area contributed by atoms with Crippen molar-refractivity contribution < 1.29 is 14.1 Å². The van der Waals surface area contributed by atoms with Gasteiger partial charge >= 0.3 is 0 Å². The minimum atomic E-state index is 0.0774. The number of carbonyl (C=O) groups is 1. The van der Waals surface area contributed by atoms with E-state index in [1.807, 2.05) is 23.1 Å². The number of amides is 1. The van der Waals surface area contributed by atoms with Gasteiger partial charge in [0.2, 0.25) is 11.1 Å². The Labute approximate surface area is 146 Å². The number of rotatable bonds is 5. The van der Waals surface area contributed by atoms with E-state index in [0.717, 1.165) is 31.6 Å². The average Bonchev–Trinajstić information content (AvgIpc) is 3.16. The smallest absolute Gasteiger partial charge is 0.229 e. The number of aromatic nitrogens is 1. The molecule has 1 atom stereocenters. The number of ether oxygens (including phenoxy) is 1. The van der Waals surface area contributed by atoms with Crippen molar-refractivity contribution in [1.82, 2.24) is 10.1 Å². The number of nitrogens with zero attached hydrogens (tertiary/aromatic N) is 2. The van der Waals surface area contributed by atoms with Gasteiger partial charge in [-0.25, -0.2) is 0 Å². The minimum absolute atomic E-state index is 0.0774. The molecular formula is C18H21ClN2O3. The van der Waals surface area contributed by atoms with Gasteiger partial charge in [0.05, 0.1) is 19.2 Å².